The van der Waals surface area contributed by atoms with Crippen molar-refractivity contribution in [1.29, 1.82) is 0 Å². The van der Waals surface area contributed by atoms with Crippen LogP contribution in [0.1, 0.15) is 32.3 Å². The summed E-state index contributed by atoms with van der Waals surface area (Å²) in [5.74, 6) is 0.176. The second-order valence-corrected chi connectivity index (χ2v) is 5.44. The Morgan fingerprint density at radius 3 is 2.44 bits per heavy atom. The number of carbonyl (C=O) groups is 1. The Labute approximate surface area is 119 Å². The van der Waals surface area contributed by atoms with Crippen LogP contribution in [0.4, 0.5) is 0 Å². The monoisotopic (exact) mass is 287 g/mol. The summed E-state index contributed by atoms with van der Waals surface area (Å²) in [6.45, 7) is 5.04. The van der Waals surface area contributed by atoms with Crippen molar-refractivity contribution in [3.63, 3.8) is 0 Å². The standard InChI is InChI=1S/C14H19Cl2NO/c1-10(2)17-8-4-5-11(18)9-12-13(15)6-3-7-14(12)16/h3,6-7,10,17H,4-5,8-9H2,1-2H3. The molecule has 0 heterocycles. The van der Waals surface area contributed by atoms with Crippen molar-refractivity contribution in [2.24, 2.45) is 0 Å². The van der Waals surface area contributed by atoms with E-state index in [1.165, 1.54) is 0 Å². The van der Waals surface area contributed by atoms with E-state index < -0.39 is 0 Å². The lowest BCUT2D eigenvalue weighted by Crippen LogP contribution is -2.24. The lowest BCUT2D eigenvalue weighted by atomic mass is 10.1. The molecule has 1 N–H and O–H groups in total. The van der Waals surface area contributed by atoms with Crippen LogP contribution in [-0.4, -0.2) is 18.4 Å². The van der Waals surface area contributed by atoms with E-state index in [0.29, 0.717) is 28.9 Å². The summed E-state index contributed by atoms with van der Waals surface area (Å²) in [5, 5.41) is 4.41. The maximum absolute atomic E-state index is 11.8. The molecule has 1 rings (SSSR count). The molecule has 0 aromatic heterocycles. The van der Waals surface area contributed by atoms with E-state index in [9.17, 15) is 4.79 Å². The Bertz CT molecular complexity index is 385. The average molecular weight is 288 g/mol. The molecule has 0 saturated heterocycles. The van der Waals surface area contributed by atoms with Crippen LogP contribution in [0, 0.1) is 0 Å². The summed E-state index contributed by atoms with van der Waals surface area (Å²) in [4.78, 5) is 11.8. The van der Waals surface area contributed by atoms with Crippen molar-refractivity contribution >= 4 is 29.0 Å². The number of benzene rings is 1. The van der Waals surface area contributed by atoms with Crippen molar-refractivity contribution in [2.45, 2.75) is 39.2 Å². The second kappa shape index (κ2) is 7.78. The summed E-state index contributed by atoms with van der Waals surface area (Å²) < 4.78 is 0. The Kier molecular flexibility index (Phi) is 6.69. The number of nitrogens with one attached hydrogen (secondary N) is 1. The summed E-state index contributed by atoms with van der Waals surface area (Å²) in [7, 11) is 0. The van der Waals surface area contributed by atoms with E-state index in [2.05, 4.69) is 19.2 Å². The first-order valence-corrected chi connectivity index (χ1v) is 6.94. The lowest BCUT2D eigenvalue weighted by Gasteiger charge is -2.08. The smallest absolute Gasteiger partial charge is 0.137 e. The fourth-order valence-corrected chi connectivity index (χ4v) is 2.19. The fourth-order valence-electron chi connectivity index (χ4n) is 1.66. The zero-order chi connectivity index (χ0) is 13.5. The SMILES string of the molecule is CC(C)NCCCC(=O)Cc1c(Cl)cccc1Cl. The molecule has 0 saturated carbocycles. The molecule has 0 radical (unpaired) electrons. The van der Waals surface area contributed by atoms with Gasteiger partial charge in [0.05, 0.1) is 0 Å². The first-order chi connectivity index (χ1) is 8.50. The van der Waals surface area contributed by atoms with Gasteiger partial charge in [0.2, 0.25) is 0 Å². The molecule has 0 fully saturated rings. The predicted octanol–water partition coefficient (Wildman–Crippen LogP) is 3.88. The number of rotatable bonds is 7. The molecule has 1 aromatic carbocycles. The van der Waals surface area contributed by atoms with Gasteiger partial charge in [-0.25, -0.2) is 0 Å². The van der Waals surface area contributed by atoms with E-state index in [1.807, 2.05) is 0 Å². The minimum atomic E-state index is 0.176. The van der Waals surface area contributed by atoms with Crippen LogP contribution in [0.25, 0.3) is 0 Å². The molecule has 4 heteroatoms. The molecule has 0 aliphatic carbocycles. The molecule has 0 bridgehead atoms. The Balaban J connectivity index is 2.40. The van der Waals surface area contributed by atoms with E-state index in [-0.39, 0.29) is 5.78 Å². The molecular formula is C14H19Cl2NO. The second-order valence-electron chi connectivity index (χ2n) is 4.63. The molecule has 18 heavy (non-hydrogen) atoms. The highest BCUT2D eigenvalue weighted by atomic mass is 35.5. The van der Waals surface area contributed by atoms with Crippen LogP contribution in [0.3, 0.4) is 0 Å². The normalized spacial score (nSPS) is 10.9. The van der Waals surface area contributed by atoms with Crippen molar-refractivity contribution in [3.05, 3.63) is 33.8 Å². The highest BCUT2D eigenvalue weighted by Crippen LogP contribution is 2.25. The molecule has 2 nitrogen and oxygen atoms in total. The van der Waals surface area contributed by atoms with Crippen LogP contribution in [0.5, 0.6) is 0 Å². The number of halogens is 2. The number of ketones is 1. The fraction of sp³-hybridized carbons (Fsp3) is 0.500. The molecule has 0 spiro atoms. The van der Waals surface area contributed by atoms with E-state index >= 15 is 0 Å². The third-order valence-electron chi connectivity index (χ3n) is 2.62. The third kappa shape index (κ3) is 5.38. The van der Waals surface area contributed by atoms with Gasteiger partial charge in [0.15, 0.2) is 0 Å². The molecule has 0 aliphatic rings. The molecule has 0 atom stereocenters. The first-order valence-electron chi connectivity index (χ1n) is 6.18. The van der Waals surface area contributed by atoms with Gasteiger partial charge in [-0.1, -0.05) is 43.1 Å². The molecular weight excluding hydrogens is 269 g/mol. The summed E-state index contributed by atoms with van der Waals surface area (Å²) >= 11 is 12.1. The first kappa shape index (κ1) is 15.5. The molecule has 100 valence electrons. The van der Waals surface area contributed by atoms with Crippen molar-refractivity contribution in [2.75, 3.05) is 6.54 Å². The minimum Gasteiger partial charge on any atom is -0.315 e. The zero-order valence-electron chi connectivity index (χ0n) is 10.8. The van der Waals surface area contributed by atoms with Gasteiger partial charge in [-0.2, -0.15) is 0 Å². The van der Waals surface area contributed by atoms with Gasteiger partial charge in [0, 0.05) is 28.9 Å². The van der Waals surface area contributed by atoms with E-state index in [1.54, 1.807) is 18.2 Å². The third-order valence-corrected chi connectivity index (χ3v) is 3.33. The van der Waals surface area contributed by atoms with E-state index in [4.69, 9.17) is 23.2 Å². The zero-order valence-corrected chi connectivity index (χ0v) is 12.3. The van der Waals surface area contributed by atoms with Crippen molar-refractivity contribution < 1.29 is 4.79 Å². The number of hydrogen-bond donors (Lipinski definition) is 1. The predicted molar refractivity (Wildman–Crippen MR) is 77.5 cm³/mol. The van der Waals surface area contributed by atoms with Crippen molar-refractivity contribution in [1.82, 2.24) is 5.32 Å². The largest absolute Gasteiger partial charge is 0.315 e. The average Bonchev–Trinajstić information content (AvgIpc) is 2.29. The number of Topliss-reactive ketones (excluding diaryl/α,β-unsaturated/α-hetero) is 1. The van der Waals surface area contributed by atoms with Crippen LogP contribution in [-0.2, 0) is 11.2 Å². The Morgan fingerprint density at radius 1 is 1.28 bits per heavy atom. The maximum Gasteiger partial charge on any atom is 0.137 e. The molecule has 0 unspecified atom stereocenters. The van der Waals surface area contributed by atoms with Crippen LogP contribution in [0.15, 0.2) is 18.2 Å². The van der Waals surface area contributed by atoms with Crippen molar-refractivity contribution in [3.8, 4) is 0 Å². The van der Waals surface area contributed by atoms with Gasteiger partial charge in [-0.05, 0) is 30.7 Å². The van der Waals surface area contributed by atoms with Gasteiger partial charge < -0.3 is 5.32 Å². The van der Waals surface area contributed by atoms with Crippen LogP contribution < -0.4 is 5.32 Å². The van der Waals surface area contributed by atoms with Crippen LogP contribution in [0.2, 0.25) is 10.0 Å². The Morgan fingerprint density at radius 2 is 1.89 bits per heavy atom. The van der Waals surface area contributed by atoms with Gasteiger partial charge >= 0.3 is 0 Å². The summed E-state index contributed by atoms with van der Waals surface area (Å²) in [6.07, 6.45) is 1.72. The molecule has 0 aliphatic heterocycles. The topological polar surface area (TPSA) is 29.1 Å². The van der Waals surface area contributed by atoms with Gasteiger partial charge in [0.1, 0.15) is 5.78 Å². The van der Waals surface area contributed by atoms with E-state index in [0.717, 1.165) is 18.5 Å². The summed E-state index contributed by atoms with van der Waals surface area (Å²) in [6, 6.07) is 5.76. The Hall–Kier alpha value is -0.570. The van der Waals surface area contributed by atoms with Gasteiger partial charge in [0.25, 0.3) is 0 Å². The summed E-state index contributed by atoms with van der Waals surface area (Å²) in [5.41, 5.74) is 0.739. The quantitative estimate of drug-likeness (QED) is 0.771. The van der Waals surface area contributed by atoms with Gasteiger partial charge in [-0.3, -0.25) is 4.79 Å². The van der Waals surface area contributed by atoms with Gasteiger partial charge in [-0.15, -0.1) is 0 Å². The highest BCUT2D eigenvalue weighted by Gasteiger charge is 2.10. The minimum absolute atomic E-state index is 0.176. The molecule has 0 amide bonds. The molecule has 1 aromatic rings. The van der Waals surface area contributed by atoms with Crippen LogP contribution >= 0.6 is 23.2 Å². The number of hydrogen-bond acceptors (Lipinski definition) is 2. The maximum atomic E-state index is 11.8. The lowest BCUT2D eigenvalue weighted by molar-refractivity contribution is -0.118. The highest BCUT2D eigenvalue weighted by molar-refractivity contribution is 6.36. The number of carbonyl (C=O) groups excluding carboxylic acids is 1.